The predicted molar refractivity (Wildman–Crippen MR) is 83.0 cm³/mol. The van der Waals surface area contributed by atoms with Gasteiger partial charge in [0.05, 0.1) is 17.6 Å². The third-order valence-corrected chi connectivity index (χ3v) is 3.48. The van der Waals surface area contributed by atoms with Crippen LogP contribution in [0.15, 0.2) is 48.5 Å². The van der Waals surface area contributed by atoms with Crippen molar-refractivity contribution in [2.24, 2.45) is 12.8 Å². The van der Waals surface area contributed by atoms with Crippen LogP contribution in [0.3, 0.4) is 0 Å². The molecule has 2 aromatic carbocycles. The van der Waals surface area contributed by atoms with Gasteiger partial charge in [-0.3, -0.25) is 4.79 Å². The molecule has 3 rings (SSSR count). The Morgan fingerprint density at radius 3 is 2.81 bits per heavy atom. The molecule has 0 fully saturated rings. The number of aromatic nitrogens is 2. The topological polar surface area (TPSA) is 72.9 Å². The highest BCUT2D eigenvalue weighted by Crippen LogP contribution is 2.16. The van der Waals surface area contributed by atoms with Gasteiger partial charge in [0.15, 0.2) is 0 Å². The number of carbonyl (C=O) groups excluding carboxylic acids is 1. The molecule has 5 heteroatoms. The Bertz CT molecular complexity index is 807. The Morgan fingerprint density at radius 2 is 2.05 bits per heavy atom. The van der Waals surface area contributed by atoms with E-state index >= 15 is 0 Å². The zero-order valence-electron chi connectivity index (χ0n) is 11.7. The molecule has 0 aliphatic carbocycles. The van der Waals surface area contributed by atoms with Crippen molar-refractivity contribution in [2.45, 2.75) is 6.54 Å². The number of aryl methyl sites for hydroxylation is 1. The number of carbonyl (C=O) groups is 1. The molecule has 1 amide bonds. The van der Waals surface area contributed by atoms with E-state index in [1.807, 2.05) is 37.4 Å². The number of primary amides is 1. The normalized spacial score (nSPS) is 10.7. The van der Waals surface area contributed by atoms with Gasteiger partial charge in [-0.05, 0) is 30.3 Å². The van der Waals surface area contributed by atoms with Gasteiger partial charge >= 0.3 is 0 Å². The van der Waals surface area contributed by atoms with E-state index in [9.17, 15) is 4.79 Å². The fourth-order valence-corrected chi connectivity index (χ4v) is 2.32. The highest BCUT2D eigenvalue weighted by molar-refractivity contribution is 5.93. The quantitative estimate of drug-likeness (QED) is 0.770. The Balaban J connectivity index is 1.82. The van der Waals surface area contributed by atoms with Crippen molar-refractivity contribution in [3.05, 3.63) is 59.9 Å². The minimum atomic E-state index is -0.429. The van der Waals surface area contributed by atoms with E-state index in [1.54, 1.807) is 18.2 Å². The Hall–Kier alpha value is -2.82. The smallest absolute Gasteiger partial charge is 0.248 e. The molecule has 1 heterocycles. The Labute approximate surface area is 122 Å². The molecule has 21 heavy (non-hydrogen) atoms. The number of nitrogens with zero attached hydrogens (tertiary/aromatic N) is 2. The Kier molecular flexibility index (Phi) is 3.31. The van der Waals surface area contributed by atoms with E-state index in [2.05, 4.69) is 14.9 Å². The van der Waals surface area contributed by atoms with E-state index in [0.29, 0.717) is 12.1 Å². The summed E-state index contributed by atoms with van der Waals surface area (Å²) in [6.45, 7) is 0.577. The Morgan fingerprint density at radius 1 is 1.24 bits per heavy atom. The van der Waals surface area contributed by atoms with Crippen LogP contribution in [0, 0.1) is 0 Å². The van der Waals surface area contributed by atoms with Gasteiger partial charge in [0.2, 0.25) is 5.91 Å². The van der Waals surface area contributed by atoms with Crippen LogP contribution < -0.4 is 11.1 Å². The lowest BCUT2D eigenvalue weighted by Crippen LogP contribution is -2.11. The monoisotopic (exact) mass is 280 g/mol. The lowest BCUT2D eigenvalue weighted by Gasteiger charge is -2.07. The first kappa shape index (κ1) is 13.2. The summed E-state index contributed by atoms with van der Waals surface area (Å²) in [6, 6.07) is 15.1. The number of hydrogen-bond donors (Lipinski definition) is 2. The number of benzene rings is 2. The van der Waals surface area contributed by atoms with Crippen LogP contribution >= 0.6 is 0 Å². The largest absolute Gasteiger partial charge is 0.378 e. The van der Waals surface area contributed by atoms with Crippen molar-refractivity contribution >= 4 is 22.6 Å². The maximum absolute atomic E-state index is 11.2. The molecule has 3 aromatic rings. The minimum Gasteiger partial charge on any atom is -0.378 e. The third kappa shape index (κ3) is 2.58. The summed E-state index contributed by atoms with van der Waals surface area (Å²) >= 11 is 0. The van der Waals surface area contributed by atoms with Gasteiger partial charge in [0.1, 0.15) is 5.82 Å². The number of nitrogens with one attached hydrogen (secondary N) is 1. The fraction of sp³-hybridized carbons (Fsp3) is 0.125. The third-order valence-electron chi connectivity index (χ3n) is 3.48. The van der Waals surface area contributed by atoms with Crippen molar-refractivity contribution in [2.75, 3.05) is 5.32 Å². The van der Waals surface area contributed by atoms with Gasteiger partial charge in [-0.2, -0.15) is 0 Å². The molecular formula is C16H16N4O. The van der Waals surface area contributed by atoms with E-state index in [-0.39, 0.29) is 0 Å². The SMILES string of the molecule is Cn1c(CNc2cccc(C(N)=O)c2)nc2ccccc21. The van der Waals surface area contributed by atoms with E-state index in [0.717, 1.165) is 22.5 Å². The zero-order valence-corrected chi connectivity index (χ0v) is 11.7. The summed E-state index contributed by atoms with van der Waals surface area (Å²) in [6.07, 6.45) is 0. The second-order valence-electron chi connectivity index (χ2n) is 4.87. The highest BCUT2D eigenvalue weighted by Gasteiger charge is 2.07. The number of imidazole rings is 1. The molecule has 0 atom stereocenters. The van der Waals surface area contributed by atoms with Gasteiger partial charge in [-0.15, -0.1) is 0 Å². The van der Waals surface area contributed by atoms with Gasteiger partial charge in [-0.1, -0.05) is 18.2 Å². The molecule has 0 aliphatic heterocycles. The molecule has 0 unspecified atom stereocenters. The molecule has 0 saturated carbocycles. The van der Waals surface area contributed by atoms with Crippen LogP contribution in [0.2, 0.25) is 0 Å². The van der Waals surface area contributed by atoms with Crippen LogP contribution in [0.5, 0.6) is 0 Å². The second-order valence-corrected chi connectivity index (χ2v) is 4.87. The maximum atomic E-state index is 11.2. The summed E-state index contributed by atoms with van der Waals surface area (Å²) in [7, 11) is 1.99. The predicted octanol–water partition coefficient (Wildman–Crippen LogP) is 2.28. The number of nitrogens with two attached hydrogens (primary N) is 1. The molecule has 106 valence electrons. The second kappa shape index (κ2) is 5.28. The summed E-state index contributed by atoms with van der Waals surface area (Å²) in [5.41, 5.74) is 8.69. The van der Waals surface area contributed by atoms with Gasteiger partial charge in [0, 0.05) is 18.3 Å². The number of amides is 1. The number of rotatable bonds is 4. The zero-order chi connectivity index (χ0) is 14.8. The van der Waals surface area contributed by atoms with Crippen molar-refractivity contribution in [3.8, 4) is 0 Å². The minimum absolute atomic E-state index is 0.429. The lowest BCUT2D eigenvalue weighted by molar-refractivity contribution is 0.100. The van der Waals surface area contributed by atoms with Crippen molar-refractivity contribution < 1.29 is 4.79 Å². The first-order valence-electron chi connectivity index (χ1n) is 6.69. The molecule has 0 aliphatic rings. The molecular weight excluding hydrogens is 264 g/mol. The number of hydrogen-bond acceptors (Lipinski definition) is 3. The lowest BCUT2D eigenvalue weighted by atomic mass is 10.2. The van der Waals surface area contributed by atoms with Crippen molar-refractivity contribution in [3.63, 3.8) is 0 Å². The van der Waals surface area contributed by atoms with E-state index < -0.39 is 5.91 Å². The summed E-state index contributed by atoms with van der Waals surface area (Å²) in [4.78, 5) is 15.8. The maximum Gasteiger partial charge on any atom is 0.248 e. The molecule has 3 N–H and O–H groups in total. The first-order chi connectivity index (χ1) is 10.1. The fourth-order valence-electron chi connectivity index (χ4n) is 2.32. The van der Waals surface area contributed by atoms with E-state index in [1.165, 1.54) is 0 Å². The molecule has 1 aromatic heterocycles. The summed E-state index contributed by atoms with van der Waals surface area (Å²) in [5.74, 6) is 0.502. The van der Waals surface area contributed by atoms with Crippen molar-refractivity contribution in [1.29, 1.82) is 0 Å². The molecule has 0 saturated heterocycles. The number of anilines is 1. The van der Waals surface area contributed by atoms with E-state index in [4.69, 9.17) is 5.73 Å². The van der Waals surface area contributed by atoms with Crippen molar-refractivity contribution in [1.82, 2.24) is 9.55 Å². The number of fused-ring (bicyclic) bond motifs is 1. The summed E-state index contributed by atoms with van der Waals surface area (Å²) < 4.78 is 2.06. The average Bonchev–Trinajstić information content (AvgIpc) is 2.82. The van der Waals surface area contributed by atoms with Gasteiger partial charge in [-0.25, -0.2) is 4.98 Å². The first-order valence-corrected chi connectivity index (χ1v) is 6.69. The van der Waals surface area contributed by atoms with Crippen LogP contribution in [-0.4, -0.2) is 15.5 Å². The highest BCUT2D eigenvalue weighted by atomic mass is 16.1. The molecule has 0 spiro atoms. The number of para-hydroxylation sites is 2. The average molecular weight is 280 g/mol. The standard InChI is InChI=1S/C16H16N4O/c1-20-14-8-3-2-7-13(14)19-15(20)10-18-12-6-4-5-11(9-12)16(17)21/h2-9,18H,10H2,1H3,(H2,17,21). The summed E-state index contributed by atoms with van der Waals surface area (Å²) in [5, 5.41) is 3.27. The van der Waals surface area contributed by atoms with Crippen LogP contribution in [0.25, 0.3) is 11.0 Å². The van der Waals surface area contributed by atoms with Gasteiger partial charge in [0.25, 0.3) is 0 Å². The molecule has 0 bridgehead atoms. The van der Waals surface area contributed by atoms with Crippen LogP contribution in [-0.2, 0) is 13.6 Å². The molecule has 0 radical (unpaired) electrons. The molecule has 5 nitrogen and oxygen atoms in total. The van der Waals surface area contributed by atoms with Gasteiger partial charge < -0.3 is 15.6 Å². The van der Waals surface area contributed by atoms with Crippen LogP contribution in [0.1, 0.15) is 16.2 Å². The van der Waals surface area contributed by atoms with Crippen LogP contribution in [0.4, 0.5) is 5.69 Å².